The Morgan fingerprint density at radius 1 is 1.33 bits per heavy atom. The Kier molecular flexibility index (Phi) is 3.00. The summed E-state index contributed by atoms with van der Waals surface area (Å²) in [4.78, 5) is 1.18. The highest BCUT2D eigenvalue weighted by Gasteiger charge is 1.98. The molecule has 0 amide bonds. The summed E-state index contributed by atoms with van der Waals surface area (Å²) in [6.07, 6.45) is 0. The second kappa shape index (κ2) is 3.83. The van der Waals surface area contributed by atoms with E-state index in [1.54, 1.807) is 11.9 Å². The molecule has 0 spiro atoms. The van der Waals surface area contributed by atoms with Crippen LogP contribution in [0, 0.1) is 6.92 Å². The van der Waals surface area contributed by atoms with Crippen LogP contribution in [0.3, 0.4) is 0 Å². The second-order valence-corrected chi connectivity index (χ2v) is 4.31. The fourth-order valence-electron chi connectivity index (χ4n) is 0.886. The molecule has 1 rings (SSSR count). The zero-order valence-corrected chi connectivity index (χ0v) is 8.48. The van der Waals surface area contributed by atoms with Gasteiger partial charge in [-0.05, 0) is 50.7 Å². The lowest BCUT2D eigenvalue weighted by Gasteiger charge is -2.09. The molecule has 0 unspecified atom stereocenters. The first-order valence-corrected chi connectivity index (χ1v) is 4.58. The van der Waals surface area contributed by atoms with Crippen LogP contribution in [-0.2, 0) is 0 Å². The first-order chi connectivity index (χ1) is 5.59. The molecule has 0 aliphatic carbocycles. The zero-order valence-electron chi connectivity index (χ0n) is 7.66. The van der Waals surface area contributed by atoms with E-state index in [9.17, 15) is 0 Å². The minimum absolute atomic E-state index is 0.863. The van der Waals surface area contributed by atoms with Crippen molar-refractivity contribution >= 4 is 17.6 Å². The fourth-order valence-corrected chi connectivity index (χ4v) is 1.62. The number of aryl methyl sites for hydroxylation is 1. The molecule has 12 heavy (non-hydrogen) atoms. The number of nitrogen functional groups attached to an aromatic ring is 1. The van der Waals surface area contributed by atoms with Gasteiger partial charge in [0.25, 0.3) is 0 Å². The Labute approximate surface area is 77.9 Å². The fraction of sp³-hybridized carbons (Fsp3) is 0.333. The van der Waals surface area contributed by atoms with Gasteiger partial charge in [0.1, 0.15) is 0 Å². The molecule has 0 saturated carbocycles. The molecular weight excluding hydrogens is 168 g/mol. The van der Waals surface area contributed by atoms with Crippen molar-refractivity contribution in [2.24, 2.45) is 0 Å². The molecule has 0 heterocycles. The minimum Gasteiger partial charge on any atom is -0.398 e. The van der Waals surface area contributed by atoms with Gasteiger partial charge in [-0.15, -0.1) is 0 Å². The highest BCUT2D eigenvalue weighted by atomic mass is 32.2. The van der Waals surface area contributed by atoms with Gasteiger partial charge in [-0.25, -0.2) is 0 Å². The first-order valence-electron chi connectivity index (χ1n) is 3.81. The molecule has 0 radical (unpaired) electrons. The Hall–Kier alpha value is -0.670. The third-order valence-corrected chi connectivity index (χ3v) is 2.37. The van der Waals surface area contributed by atoms with Crippen LogP contribution < -0.4 is 5.73 Å². The van der Waals surface area contributed by atoms with Crippen molar-refractivity contribution < 1.29 is 0 Å². The molecule has 0 atom stereocenters. The average Bonchev–Trinajstić information content (AvgIpc) is 1.96. The molecule has 0 aromatic heterocycles. The van der Waals surface area contributed by atoms with E-state index in [1.165, 1.54) is 4.90 Å². The number of benzene rings is 1. The van der Waals surface area contributed by atoms with E-state index in [2.05, 4.69) is 6.07 Å². The van der Waals surface area contributed by atoms with E-state index in [-0.39, 0.29) is 0 Å². The van der Waals surface area contributed by atoms with Crippen LogP contribution in [0.2, 0.25) is 0 Å². The van der Waals surface area contributed by atoms with Crippen molar-refractivity contribution in [1.29, 1.82) is 0 Å². The summed E-state index contributed by atoms with van der Waals surface area (Å²) in [5.74, 6) is 0. The van der Waals surface area contributed by atoms with Crippen molar-refractivity contribution in [2.45, 2.75) is 11.8 Å². The molecular formula is C9H14N2S. The Bertz CT molecular complexity index is 271. The summed E-state index contributed by atoms with van der Waals surface area (Å²) in [6.45, 7) is 2.01. The second-order valence-electron chi connectivity index (χ2n) is 2.92. The molecule has 2 N–H and O–H groups in total. The summed E-state index contributed by atoms with van der Waals surface area (Å²) >= 11 is 1.67. The van der Waals surface area contributed by atoms with Gasteiger partial charge in [0.15, 0.2) is 0 Å². The van der Waals surface area contributed by atoms with Crippen molar-refractivity contribution in [2.75, 3.05) is 19.8 Å². The predicted molar refractivity (Wildman–Crippen MR) is 55.1 cm³/mol. The molecule has 0 aliphatic heterocycles. The zero-order chi connectivity index (χ0) is 9.14. The summed E-state index contributed by atoms with van der Waals surface area (Å²) in [5, 5.41) is 0. The van der Waals surface area contributed by atoms with Gasteiger partial charge in [0.05, 0.1) is 0 Å². The van der Waals surface area contributed by atoms with E-state index in [1.807, 2.05) is 37.5 Å². The van der Waals surface area contributed by atoms with Gasteiger partial charge < -0.3 is 5.73 Å². The molecule has 1 aromatic rings. The number of rotatable bonds is 2. The lowest BCUT2D eigenvalue weighted by Crippen LogP contribution is -1.99. The standard InChI is InChI=1S/C9H14N2S/c1-7-4-5-8(6-9(7)10)12-11(2)3/h4-6H,10H2,1-3H3. The third-order valence-electron chi connectivity index (χ3n) is 1.54. The van der Waals surface area contributed by atoms with Gasteiger partial charge in [0, 0.05) is 10.6 Å². The Balaban J connectivity index is 2.82. The van der Waals surface area contributed by atoms with Crippen molar-refractivity contribution in [3.8, 4) is 0 Å². The maximum Gasteiger partial charge on any atom is 0.0355 e. The number of hydrogen-bond donors (Lipinski definition) is 1. The topological polar surface area (TPSA) is 29.3 Å². The average molecular weight is 182 g/mol. The number of anilines is 1. The smallest absolute Gasteiger partial charge is 0.0355 e. The lowest BCUT2D eigenvalue weighted by atomic mass is 10.2. The summed E-state index contributed by atoms with van der Waals surface area (Å²) < 4.78 is 2.05. The lowest BCUT2D eigenvalue weighted by molar-refractivity contribution is 0.702. The molecule has 3 heteroatoms. The number of hydrogen-bond acceptors (Lipinski definition) is 3. The van der Waals surface area contributed by atoms with E-state index >= 15 is 0 Å². The summed E-state index contributed by atoms with van der Waals surface area (Å²) in [5.41, 5.74) is 7.76. The predicted octanol–water partition coefficient (Wildman–Crippen LogP) is 2.15. The number of nitrogens with two attached hydrogens (primary N) is 1. The molecule has 0 bridgehead atoms. The van der Waals surface area contributed by atoms with Crippen LogP contribution in [0.4, 0.5) is 5.69 Å². The quantitative estimate of drug-likeness (QED) is 0.561. The Morgan fingerprint density at radius 3 is 2.50 bits per heavy atom. The first kappa shape index (κ1) is 9.42. The van der Waals surface area contributed by atoms with E-state index in [4.69, 9.17) is 5.73 Å². The molecule has 0 aliphatic rings. The maximum absolute atomic E-state index is 5.76. The monoisotopic (exact) mass is 182 g/mol. The molecule has 0 saturated heterocycles. The third kappa shape index (κ3) is 2.43. The van der Waals surface area contributed by atoms with Crippen molar-refractivity contribution in [3.63, 3.8) is 0 Å². The normalized spacial score (nSPS) is 10.7. The van der Waals surface area contributed by atoms with Crippen LogP contribution in [-0.4, -0.2) is 18.4 Å². The molecule has 1 aromatic carbocycles. The van der Waals surface area contributed by atoms with Crippen LogP contribution in [0.5, 0.6) is 0 Å². The molecule has 66 valence electrons. The highest BCUT2D eigenvalue weighted by Crippen LogP contribution is 2.23. The number of nitrogens with zero attached hydrogens (tertiary/aromatic N) is 1. The van der Waals surface area contributed by atoms with Crippen molar-refractivity contribution in [1.82, 2.24) is 4.31 Å². The summed E-state index contributed by atoms with van der Waals surface area (Å²) in [7, 11) is 4.03. The van der Waals surface area contributed by atoms with E-state index in [0.29, 0.717) is 0 Å². The van der Waals surface area contributed by atoms with Crippen LogP contribution in [0.1, 0.15) is 5.56 Å². The molecule has 2 nitrogen and oxygen atoms in total. The van der Waals surface area contributed by atoms with Crippen molar-refractivity contribution in [3.05, 3.63) is 23.8 Å². The van der Waals surface area contributed by atoms with E-state index in [0.717, 1.165) is 11.3 Å². The van der Waals surface area contributed by atoms with Crippen LogP contribution >= 0.6 is 11.9 Å². The van der Waals surface area contributed by atoms with Gasteiger partial charge in [-0.1, -0.05) is 6.07 Å². The van der Waals surface area contributed by atoms with Gasteiger partial charge >= 0.3 is 0 Å². The van der Waals surface area contributed by atoms with Crippen LogP contribution in [0.25, 0.3) is 0 Å². The minimum atomic E-state index is 0.863. The van der Waals surface area contributed by atoms with Gasteiger partial charge in [0.2, 0.25) is 0 Å². The SMILES string of the molecule is Cc1ccc(SN(C)C)cc1N. The summed E-state index contributed by atoms with van der Waals surface area (Å²) in [6, 6.07) is 6.12. The highest BCUT2D eigenvalue weighted by molar-refractivity contribution is 7.97. The van der Waals surface area contributed by atoms with E-state index < -0.39 is 0 Å². The molecule has 0 fully saturated rings. The van der Waals surface area contributed by atoms with Gasteiger partial charge in [-0.2, -0.15) is 0 Å². The van der Waals surface area contributed by atoms with Crippen LogP contribution in [0.15, 0.2) is 23.1 Å². The Morgan fingerprint density at radius 2 is 2.00 bits per heavy atom. The largest absolute Gasteiger partial charge is 0.398 e. The maximum atomic E-state index is 5.76. The van der Waals surface area contributed by atoms with Gasteiger partial charge in [-0.3, -0.25) is 4.31 Å².